The molecule has 2 aromatic rings. The third-order valence-electron chi connectivity index (χ3n) is 5.28. The number of amides is 1. The zero-order valence-corrected chi connectivity index (χ0v) is 18.7. The Hall–Kier alpha value is -1.45. The fourth-order valence-corrected chi connectivity index (χ4v) is 6.89. The predicted molar refractivity (Wildman–Crippen MR) is 113 cm³/mol. The van der Waals surface area contributed by atoms with Gasteiger partial charge in [-0.15, -0.1) is 11.3 Å². The van der Waals surface area contributed by atoms with Gasteiger partial charge in [0, 0.05) is 36.6 Å². The van der Waals surface area contributed by atoms with Gasteiger partial charge in [-0.3, -0.25) is 4.79 Å². The highest BCUT2D eigenvalue weighted by Crippen LogP contribution is 2.30. The van der Waals surface area contributed by atoms with E-state index in [1.54, 1.807) is 22.3 Å². The molecule has 1 fully saturated rings. The minimum Gasteiger partial charge on any atom is -0.373 e. The van der Waals surface area contributed by atoms with Crippen LogP contribution in [0.2, 0.25) is 5.02 Å². The van der Waals surface area contributed by atoms with Crippen molar-refractivity contribution >= 4 is 38.9 Å². The van der Waals surface area contributed by atoms with Crippen LogP contribution in [0.25, 0.3) is 0 Å². The summed E-state index contributed by atoms with van der Waals surface area (Å²) in [5.74, 6) is -0.182. The molecule has 2 atom stereocenters. The fourth-order valence-electron chi connectivity index (χ4n) is 3.90. The molecule has 6 nitrogen and oxygen atoms in total. The molecule has 1 aromatic heterocycles. The van der Waals surface area contributed by atoms with E-state index in [0.717, 1.165) is 12.0 Å². The Morgan fingerprint density at radius 2 is 1.93 bits per heavy atom. The highest BCUT2D eigenvalue weighted by atomic mass is 35.5. The predicted octanol–water partition coefficient (Wildman–Crippen LogP) is 3.40. The van der Waals surface area contributed by atoms with Gasteiger partial charge in [-0.1, -0.05) is 11.6 Å². The Balaban J connectivity index is 1.61. The molecule has 29 heavy (non-hydrogen) atoms. The summed E-state index contributed by atoms with van der Waals surface area (Å²) in [6.07, 6.45) is 0.414. The lowest BCUT2D eigenvalue weighted by molar-refractivity contribution is -0.0440. The number of carbonyl (C=O) groups excluding carboxylic acids is 1. The molecule has 4 rings (SSSR count). The summed E-state index contributed by atoms with van der Waals surface area (Å²) in [6, 6.07) is 6.54. The van der Waals surface area contributed by atoms with Gasteiger partial charge in [-0.2, -0.15) is 4.31 Å². The van der Waals surface area contributed by atoms with Crippen LogP contribution < -0.4 is 0 Å². The Kier molecular flexibility index (Phi) is 5.74. The van der Waals surface area contributed by atoms with Crippen LogP contribution in [0.1, 0.15) is 34.6 Å². The molecule has 0 radical (unpaired) electrons. The molecule has 9 heteroatoms. The number of halogens is 1. The lowest BCUT2D eigenvalue weighted by Crippen LogP contribution is -2.48. The Morgan fingerprint density at radius 3 is 2.66 bits per heavy atom. The van der Waals surface area contributed by atoms with Gasteiger partial charge in [0.25, 0.3) is 5.91 Å². The molecule has 1 aromatic carbocycles. The van der Waals surface area contributed by atoms with Crippen LogP contribution in [-0.2, 0) is 27.7 Å². The van der Waals surface area contributed by atoms with Gasteiger partial charge >= 0.3 is 0 Å². The zero-order chi connectivity index (χ0) is 20.8. The lowest BCUT2D eigenvalue weighted by Gasteiger charge is -2.34. The molecule has 1 saturated heterocycles. The second-order valence-electron chi connectivity index (χ2n) is 7.57. The molecule has 2 aliphatic heterocycles. The van der Waals surface area contributed by atoms with Gasteiger partial charge in [0.1, 0.15) is 4.90 Å². The van der Waals surface area contributed by atoms with Crippen molar-refractivity contribution in [2.45, 2.75) is 43.9 Å². The number of morpholine rings is 1. The number of hydrogen-bond donors (Lipinski definition) is 0. The van der Waals surface area contributed by atoms with E-state index in [-0.39, 0.29) is 41.1 Å². The molecule has 0 bridgehead atoms. The van der Waals surface area contributed by atoms with Crippen molar-refractivity contribution in [3.05, 3.63) is 50.7 Å². The van der Waals surface area contributed by atoms with Crippen LogP contribution in [0, 0.1) is 0 Å². The van der Waals surface area contributed by atoms with Gasteiger partial charge < -0.3 is 9.64 Å². The van der Waals surface area contributed by atoms with Crippen LogP contribution in [0.3, 0.4) is 0 Å². The number of nitrogens with zero attached hydrogens (tertiary/aromatic N) is 2. The topological polar surface area (TPSA) is 66.9 Å². The van der Waals surface area contributed by atoms with Gasteiger partial charge in [0.05, 0.1) is 17.2 Å². The first-order valence-electron chi connectivity index (χ1n) is 9.55. The second-order valence-corrected chi connectivity index (χ2v) is 10.9. The van der Waals surface area contributed by atoms with Crippen LogP contribution in [0.5, 0.6) is 0 Å². The summed E-state index contributed by atoms with van der Waals surface area (Å²) in [6.45, 7) is 5.36. The largest absolute Gasteiger partial charge is 0.373 e. The summed E-state index contributed by atoms with van der Waals surface area (Å²) < 4.78 is 33.5. The van der Waals surface area contributed by atoms with E-state index in [4.69, 9.17) is 16.3 Å². The first-order valence-corrected chi connectivity index (χ1v) is 12.2. The number of sulfonamides is 1. The number of hydrogen-bond acceptors (Lipinski definition) is 5. The maximum atomic E-state index is 13.2. The molecule has 0 N–H and O–H groups in total. The van der Waals surface area contributed by atoms with Crippen molar-refractivity contribution in [2.75, 3.05) is 19.6 Å². The second kappa shape index (κ2) is 8.00. The summed E-state index contributed by atoms with van der Waals surface area (Å²) in [4.78, 5) is 16.1. The smallest absolute Gasteiger partial charge is 0.254 e. The summed E-state index contributed by atoms with van der Waals surface area (Å²) >= 11 is 7.96. The first-order chi connectivity index (χ1) is 13.8. The Morgan fingerprint density at radius 1 is 1.21 bits per heavy atom. The molecule has 2 aliphatic rings. The third-order valence-corrected chi connectivity index (χ3v) is 8.61. The molecule has 0 saturated carbocycles. The molecule has 0 spiro atoms. The number of fused-ring (bicyclic) bond motifs is 1. The van der Waals surface area contributed by atoms with Crippen molar-refractivity contribution in [3.8, 4) is 0 Å². The molecule has 0 aliphatic carbocycles. The van der Waals surface area contributed by atoms with E-state index < -0.39 is 10.0 Å². The minimum atomic E-state index is -3.83. The van der Waals surface area contributed by atoms with Gasteiger partial charge in [0.2, 0.25) is 10.0 Å². The Labute approximate surface area is 180 Å². The van der Waals surface area contributed by atoms with E-state index in [1.807, 2.05) is 25.3 Å². The quantitative estimate of drug-likeness (QED) is 0.712. The monoisotopic (exact) mass is 454 g/mol. The fraction of sp³-hybridized carbons (Fsp3) is 0.450. The number of benzene rings is 1. The maximum absolute atomic E-state index is 13.2. The van der Waals surface area contributed by atoms with Crippen LogP contribution in [0.15, 0.2) is 34.5 Å². The molecule has 3 heterocycles. The summed E-state index contributed by atoms with van der Waals surface area (Å²) in [5.41, 5.74) is 1.49. The standard InChI is InChI=1S/C20H23ClN2O4S2/c1-13-10-23(11-14(2)27-13)29(25,26)19-9-15(3-4-17(19)21)20(24)22-7-5-18-16(12-22)6-8-28-18/h3-4,6,8-9,13-14H,5,7,10-12H2,1-2H3. The van der Waals surface area contributed by atoms with Crippen LogP contribution in [0.4, 0.5) is 0 Å². The van der Waals surface area contributed by atoms with E-state index in [9.17, 15) is 13.2 Å². The molecule has 1 amide bonds. The summed E-state index contributed by atoms with van der Waals surface area (Å²) in [7, 11) is -3.83. The van der Waals surface area contributed by atoms with E-state index >= 15 is 0 Å². The van der Waals surface area contributed by atoms with Crippen molar-refractivity contribution in [3.63, 3.8) is 0 Å². The number of thiophene rings is 1. The normalized spacial score (nSPS) is 23.1. The van der Waals surface area contributed by atoms with Crippen molar-refractivity contribution in [1.29, 1.82) is 0 Å². The van der Waals surface area contributed by atoms with Gasteiger partial charge in [-0.25, -0.2) is 8.42 Å². The highest BCUT2D eigenvalue weighted by molar-refractivity contribution is 7.89. The number of rotatable bonds is 3. The molecular weight excluding hydrogens is 432 g/mol. The van der Waals surface area contributed by atoms with Gasteiger partial charge in [0.15, 0.2) is 0 Å². The SMILES string of the molecule is CC1CN(S(=O)(=O)c2cc(C(=O)N3CCc4sccc4C3)ccc2Cl)CC(C)O1. The van der Waals surface area contributed by atoms with Crippen LogP contribution in [-0.4, -0.2) is 55.4 Å². The van der Waals surface area contributed by atoms with E-state index in [0.29, 0.717) is 18.7 Å². The Bertz CT molecular complexity index is 1030. The zero-order valence-electron chi connectivity index (χ0n) is 16.3. The third kappa shape index (κ3) is 4.09. The lowest BCUT2D eigenvalue weighted by atomic mass is 10.1. The van der Waals surface area contributed by atoms with Crippen molar-refractivity contribution < 1.29 is 17.9 Å². The van der Waals surface area contributed by atoms with Crippen molar-refractivity contribution in [1.82, 2.24) is 9.21 Å². The van der Waals surface area contributed by atoms with E-state index in [1.165, 1.54) is 21.3 Å². The molecular formula is C20H23ClN2O4S2. The maximum Gasteiger partial charge on any atom is 0.254 e. The minimum absolute atomic E-state index is 0.0282. The van der Waals surface area contributed by atoms with Crippen LogP contribution >= 0.6 is 22.9 Å². The highest BCUT2D eigenvalue weighted by Gasteiger charge is 2.34. The first kappa shape index (κ1) is 20.8. The summed E-state index contributed by atoms with van der Waals surface area (Å²) in [5, 5.41) is 2.16. The number of ether oxygens (including phenoxy) is 1. The molecule has 2 unspecified atom stereocenters. The van der Waals surface area contributed by atoms with Gasteiger partial charge in [-0.05, 0) is 55.5 Å². The molecule has 156 valence electrons. The number of carbonyl (C=O) groups is 1. The average molecular weight is 455 g/mol. The van der Waals surface area contributed by atoms with Crippen molar-refractivity contribution in [2.24, 2.45) is 0 Å². The van der Waals surface area contributed by atoms with E-state index in [2.05, 4.69) is 0 Å². The average Bonchev–Trinajstić information content (AvgIpc) is 3.14.